The van der Waals surface area contributed by atoms with Crippen molar-refractivity contribution in [3.8, 4) is 5.75 Å². The quantitative estimate of drug-likeness (QED) is 0.760. The molecule has 0 aliphatic heterocycles. The first-order valence-electron chi connectivity index (χ1n) is 6.57. The van der Waals surface area contributed by atoms with Crippen molar-refractivity contribution in [3.63, 3.8) is 0 Å². The molecule has 1 rings (SSSR count). The Kier molecular flexibility index (Phi) is 6.81. The average molecular weight is 299 g/mol. The highest BCUT2D eigenvalue weighted by Gasteiger charge is 2.12. The molecule has 2 atom stereocenters. The summed E-state index contributed by atoms with van der Waals surface area (Å²) in [5, 5.41) is 11.7. The van der Waals surface area contributed by atoms with Gasteiger partial charge >= 0.3 is 6.61 Å². The number of ether oxygens (including phenoxy) is 1. The topological polar surface area (TPSA) is 58.6 Å². The van der Waals surface area contributed by atoms with Crippen LogP contribution in [0.25, 0.3) is 6.08 Å². The summed E-state index contributed by atoms with van der Waals surface area (Å²) < 4.78 is 28.9. The number of aliphatic hydroxyl groups excluding tert-OH is 1. The zero-order valence-electron chi connectivity index (χ0n) is 11.9. The van der Waals surface area contributed by atoms with Crippen molar-refractivity contribution in [2.45, 2.75) is 26.5 Å². The summed E-state index contributed by atoms with van der Waals surface area (Å²) in [7, 11) is 0. The van der Waals surface area contributed by atoms with Crippen molar-refractivity contribution < 1.29 is 23.4 Å². The maximum absolute atomic E-state index is 12.2. The molecule has 1 aromatic rings. The number of hydrogen-bond donors (Lipinski definition) is 2. The van der Waals surface area contributed by atoms with Gasteiger partial charge in [-0.2, -0.15) is 8.78 Å². The Morgan fingerprint density at radius 1 is 1.38 bits per heavy atom. The lowest BCUT2D eigenvalue weighted by Crippen LogP contribution is -2.37. The van der Waals surface area contributed by atoms with E-state index in [9.17, 15) is 13.6 Å². The Bertz CT molecular complexity index is 492. The first kappa shape index (κ1) is 17.1. The van der Waals surface area contributed by atoms with Gasteiger partial charge in [-0.05, 0) is 25.0 Å². The Morgan fingerprint density at radius 2 is 2.05 bits per heavy atom. The number of carbonyl (C=O) groups excluding carboxylic acids is 1. The number of benzene rings is 1. The Morgan fingerprint density at radius 3 is 2.67 bits per heavy atom. The van der Waals surface area contributed by atoms with Gasteiger partial charge in [-0.25, -0.2) is 0 Å². The summed E-state index contributed by atoms with van der Waals surface area (Å²) in [5.74, 6) is -0.431. The summed E-state index contributed by atoms with van der Waals surface area (Å²) in [6.07, 6.45) is 2.65. The van der Waals surface area contributed by atoms with Gasteiger partial charge in [-0.15, -0.1) is 0 Å². The van der Waals surface area contributed by atoms with E-state index in [0.29, 0.717) is 5.56 Å². The molecule has 0 radical (unpaired) electrons. The number of amides is 1. The Balaban J connectivity index is 2.70. The number of alkyl halides is 2. The molecule has 2 unspecified atom stereocenters. The fourth-order valence-electron chi connectivity index (χ4n) is 1.56. The van der Waals surface area contributed by atoms with Crippen molar-refractivity contribution in [1.82, 2.24) is 5.32 Å². The summed E-state index contributed by atoms with van der Waals surface area (Å²) >= 11 is 0. The fourth-order valence-corrected chi connectivity index (χ4v) is 1.56. The predicted octanol–water partition coefficient (Wildman–Crippen LogP) is 2.43. The molecule has 1 amide bonds. The lowest BCUT2D eigenvalue weighted by Gasteiger charge is -2.18. The van der Waals surface area contributed by atoms with E-state index in [2.05, 4.69) is 10.1 Å². The second-order valence-electron chi connectivity index (χ2n) is 4.71. The number of carbonyl (C=O) groups is 1. The van der Waals surface area contributed by atoms with Crippen LogP contribution in [0.4, 0.5) is 8.78 Å². The highest BCUT2D eigenvalue weighted by molar-refractivity contribution is 5.92. The molecule has 0 saturated heterocycles. The monoisotopic (exact) mass is 299 g/mol. The third kappa shape index (κ3) is 5.91. The van der Waals surface area contributed by atoms with Crippen molar-refractivity contribution in [2.75, 3.05) is 6.61 Å². The minimum absolute atomic E-state index is 0.00771. The number of rotatable bonds is 7. The van der Waals surface area contributed by atoms with Crippen LogP contribution < -0.4 is 10.1 Å². The van der Waals surface area contributed by atoms with Crippen LogP contribution in [0.2, 0.25) is 0 Å². The second-order valence-corrected chi connectivity index (χ2v) is 4.71. The van der Waals surface area contributed by atoms with Crippen LogP contribution in [0, 0.1) is 5.92 Å². The van der Waals surface area contributed by atoms with Crippen molar-refractivity contribution >= 4 is 12.0 Å². The van der Waals surface area contributed by atoms with Crippen molar-refractivity contribution in [2.24, 2.45) is 5.92 Å². The number of para-hydroxylation sites is 1. The minimum Gasteiger partial charge on any atom is -0.434 e. The summed E-state index contributed by atoms with van der Waals surface area (Å²) in [6, 6.07) is 6.01. The molecule has 0 spiro atoms. The molecule has 0 heterocycles. The highest BCUT2D eigenvalue weighted by atomic mass is 19.3. The zero-order valence-corrected chi connectivity index (χ0v) is 11.9. The van der Waals surface area contributed by atoms with Gasteiger partial charge in [0, 0.05) is 24.3 Å². The zero-order chi connectivity index (χ0) is 15.8. The van der Waals surface area contributed by atoms with Crippen LogP contribution in [-0.4, -0.2) is 30.3 Å². The molecule has 116 valence electrons. The van der Waals surface area contributed by atoms with Crippen LogP contribution in [0.3, 0.4) is 0 Å². The molecule has 0 aromatic heterocycles. The maximum Gasteiger partial charge on any atom is 0.387 e. The molecule has 1 aromatic carbocycles. The molecule has 21 heavy (non-hydrogen) atoms. The van der Waals surface area contributed by atoms with Gasteiger partial charge in [0.05, 0.1) is 0 Å². The van der Waals surface area contributed by atoms with Gasteiger partial charge in [-0.1, -0.05) is 25.1 Å². The van der Waals surface area contributed by atoms with Gasteiger partial charge in [0.25, 0.3) is 0 Å². The molecule has 0 saturated carbocycles. The van der Waals surface area contributed by atoms with Crippen molar-refractivity contribution in [1.29, 1.82) is 0 Å². The third-order valence-electron chi connectivity index (χ3n) is 3.06. The van der Waals surface area contributed by atoms with Gasteiger partial charge in [0.2, 0.25) is 5.91 Å². The molecule has 0 bridgehead atoms. The van der Waals surface area contributed by atoms with E-state index in [1.54, 1.807) is 32.0 Å². The molecular weight excluding hydrogens is 280 g/mol. The van der Waals surface area contributed by atoms with E-state index < -0.39 is 6.61 Å². The van der Waals surface area contributed by atoms with Crippen LogP contribution >= 0.6 is 0 Å². The molecule has 0 fully saturated rings. The number of halogens is 2. The Labute approximate surface area is 122 Å². The highest BCUT2D eigenvalue weighted by Crippen LogP contribution is 2.21. The first-order chi connectivity index (χ1) is 9.93. The van der Waals surface area contributed by atoms with E-state index in [1.807, 2.05) is 0 Å². The summed E-state index contributed by atoms with van der Waals surface area (Å²) in [5.41, 5.74) is 0.385. The van der Waals surface area contributed by atoms with E-state index in [4.69, 9.17) is 5.11 Å². The fraction of sp³-hybridized carbons (Fsp3) is 0.400. The number of nitrogens with one attached hydrogen (secondary N) is 1. The number of hydrogen-bond acceptors (Lipinski definition) is 3. The predicted molar refractivity (Wildman–Crippen MR) is 76.0 cm³/mol. The van der Waals surface area contributed by atoms with Gasteiger partial charge in [0.1, 0.15) is 5.75 Å². The van der Waals surface area contributed by atoms with E-state index in [-0.39, 0.29) is 30.2 Å². The van der Waals surface area contributed by atoms with Gasteiger partial charge in [-0.3, -0.25) is 4.79 Å². The molecule has 4 nitrogen and oxygen atoms in total. The van der Waals surface area contributed by atoms with Gasteiger partial charge in [0.15, 0.2) is 0 Å². The molecule has 0 aliphatic rings. The summed E-state index contributed by atoms with van der Waals surface area (Å²) in [6.45, 7) is 0.635. The SMILES string of the molecule is CC(CO)C(C)NC(=O)/C=C/c1ccccc1OC(F)F. The van der Waals surface area contributed by atoms with Crippen molar-refractivity contribution in [3.05, 3.63) is 35.9 Å². The van der Waals surface area contributed by atoms with E-state index in [1.165, 1.54) is 18.2 Å². The lowest BCUT2D eigenvalue weighted by atomic mass is 10.1. The smallest absolute Gasteiger partial charge is 0.387 e. The summed E-state index contributed by atoms with van der Waals surface area (Å²) in [4.78, 5) is 11.7. The van der Waals surface area contributed by atoms with Crippen LogP contribution in [0.5, 0.6) is 5.75 Å². The largest absolute Gasteiger partial charge is 0.434 e. The normalized spacial score (nSPS) is 14.2. The number of aliphatic hydroxyl groups is 1. The van der Waals surface area contributed by atoms with Crippen LogP contribution in [0.1, 0.15) is 19.4 Å². The van der Waals surface area contributed by atoms with Crippen LogP contribution in [0.15, 0.2) is 30.3 Å². The molecule has 2 N–H and O–H groups in total. The van der Waals surface area contributed by atoms with Crippen LogP contribution in [-0.2, 0) is 4.79 Å². The van der Waals surface area contributed by atoms with E-state index >= 15 is 0 Å². The maximum atomic E-state index is 12.2. The average Bonchev–Trinajstić information content (AvgIpc) is 2.44. The minimum atomic E-state index is -2.92. The lowest BCUT2D eigenvalue weighted by molar-refractivity contribution is -0.117. The third-order valence-corrected chi connectivity index (χ3v) is 3.06. The molecule has 0 aliphatic carbocycles. The standard InChI is InChI=1S/C15H19F2NO3/c1-10(9-19)11(2)18-14(20)8-7-12-5-3-4-6-13(12)21-15(16)17/h3-8,10-11,15,19H,9H2,1-2H3,(H,18,20)/b8-7+. The second kappa shape index (κ2) is 8.36. The molecule has 6 heteroatoms. The first-order valence-corrected chi connectivity index (χ1v) is 6.57. The molecular formula is C15H19F2NO3. The Hall–Kier alpha value is -1.95. The van der Waals surface area contributed by atoms with Gasteiger partial charge < -0.3 is 15.2 Å². The van der Waals surface area contributed by atoms with E-state index in [0.717, 1.165) is 0 Å².